The minimum atomic E-state index is -1.25. The Labute approximate surface area is 146 Å². The number of rotatable bonds is 4. The van der Waals surface area contributed by atoms with Gasteiger partial charge in [-0.05, 0) is 6.07 Å². The molecule has 0 bridgehead atoms. The van der Waals surface area contributed by atoms with E-state index < -0.39 is 15.7 Å². The van der Waals surface area contributed by atoms with Gasteiger partial charge < -0.3 is 0 Å². The normalized spacial score (nSPS) is 15.2. The minimum absolute atomic E-state index is 0.0151. The Bertz CT molecular complexity index is 896. The van der Waals surface area contributed by atoms with Crippen LogP contribution in [-0.4, -0.2) is 39.4 Å². The topological polar surface area (TPSA) is 92.9 Å². The van der Waals surface area contributed by atoms with Crippen molar-refractivity contribution < 1.29 is 13.9 Å². The molecule has 0 saturated heterocycles. The first-order valence-corrected chi connectivity index (χ1v) is 9.19. The maximum Gasteiger partial charge on any atom is 0.270 e. The lowest BCUT2D eigenvalue weighted by atomic mass is 9.99. The van der Waals surface area contributed by atoms with Crippen LogP contribution >= 0.6 is 0 Å². The van der Waals surface area contributed by atoms with E-state index in [0.29, 0.717) is 17.0 Å². The third-order valence-corrected chi connectivity index (χ3v) is 4.39. The van der Waals surface area contributed by atoms with Gasteiger partial charge in [-0.2, -0.15) is 0 Å². The lowest BCUT2D eigenvalue weighted by Crippen LogP contribution is -2.35. The second kappa shape index (κ2) is 6.94. The van der Waals surface area contributed by atoms with Gasteiger partial charge in [-0.1, -0.05) is 30.3 Å². The van der Waals surface area contributed by atoms with Crippen LogP contribution in [0.1, 0.15) is 11.1 Å². The Kier molecular flexibility index (Phi) is 4.71. The molecule has 8 heteroatoms. The highest BCUT2D eigenvalue weighted by Gasteiger charge is 2.27. The van der Waals surface area contributed by atoms with Gasteiger partial charge in [0.15, 0.2) is 0 Å². The Morgan fingerprint density at radius 1 is 1.24 bits per heavy atom. The van der Waals surface area contributed by atoms with Crippen LogP contribution in [0.3, 0.4) is 0 Å². The molecular formula is C17H15N3O4S. The third kappa shape index (κ3) is 3.48. The van der Waals surface area contributed by atoms with Crippen LogP contribution in [0.15, 0.2) is 53.5 Å². The molecule has 2 aromatic rings. The number of nitro groups is 1. The van der Waals surface area contributed by atoms with E-state index in [4.69, 9.17) is 0 Å². The molecule has 0 fully saturated rings. The fourth-order valence-corrected chi connectivity index (χ4v) is 3.33. The van der Waals surface area contributed by atoms with E-state index in [2.05, 4.69) is 4.99 Å². The second-order valence-electron chi connectivity index (χ2n) is 5.51. The molecule has 3 rings (SSSR count). The summed E-state index contributed by atoms with van der Waals surface area (Å²) in [7, 11) is -1.25. The number of fused-ring (bicyclic) bond motifs is 1. The van der Waals surface area contributed by atoms with Crippen molar-refractivity contribution in [2.24, 2.45) is 4.99 Å². The molecule has 7 nitrogen and oxygen atoms in total. The van der Waals surface area contributed by atoms with E-state index in [9.17, 15) is 19.1 Å². The van der Waals surface area contributed by atoms with Crippen LogP contribution in [0.2, 0.25) is 0 Å². The molecule has 0 aromatic heterocycles. The average Bonchev–Trinajstić information content (AvgIpc) is 2.72. The lowest BCUT2D eigenvalue weighted by molar-refractivity contribution is -0.384. The van der Waals surface area contributed by atoms with Crippen LogP contribution < -0.4 is 4.90 Å². The fourth-order valence-electron chi connectivity index (χ4n) is 2.68. The molecule has 0 spiro atoms. The van der Waals surface area contributed by atoms with Gasteiger partial charge in [-0.3, -0.25) is 29.0 Å². The summed E-state index contributed by atoms with van der Waals surface area (Å²) in [5.41, 5.74) is 2.14. The Balaban J connectivity index is 2.22. The van der Waals surface area contributed by atoms with Gasteiger partial charge in [-0.25, -0.2) is 0 Å². The molecule has 1 heterocycles. The summed E-state index contributed by atoms with van der Waals surface area (Å²) in [5, 5.41) is 11.2. The molecular weight excluding hydrogens is 342 g/mol. The number of amides is 1. The van der Waals surface area contributed by atoms with Crippen LogP contribution in [-0.2, 0) is 15.6 Å². The molecule has 0 N–H and O–H groups in total. The van der Waals surface area contributed by atoms with E-state index in [0.717, 1.165) is 5.56 Å². The molecule has 1 aliphatic rings. The van der Waals surface area contributed by atoms with Crippen molar-refractivity contribution in [3.63, 3.8) is 0 Å². The molecule has 25 heavy (non-hydrogen) atoms. The number of nitrogens with zero attached hydrogens (tertiary/aromatic N) is 3. The summed E-state index contributed by atoms with van der Waals surface area (Å²) in [5.74, 6) is -0.280. The smallest absolute Gasteiger partial charge is 0.270 e. The number of hydrogen-bond acceptors (Lipinski definition) is 5. The number of carbonyl (C=O) groups is 1. The van der Waals surface area contributed by atoms with Crippen molar-refractivity contribution in [2.45, 2.75) is 0 Å². The predicted octanol–water partition coefficient (Wildman–Crippen LogP) is 2.11. The maximum absolute atomic E-state index is 12.5. The quantitative estimate of drug-likeness (QED) is 0.619. The zero-order valence-electron chi connectivity index (χ0n) is 13.4. The first-order chi connectivity index (χ1) is 12.0. The monoisotopic (exact) mass is 357 g/mol. The molecule has 1 aliphatic heterocycles. The standard InChI is InChI=1S/C17H15N3O4S/c1-25(24)11-19-15-8-7-13(20(22)23)9-14(15)17(18-10-16(19)21)12-5-3-2-4-6-12/h2-9H,10-11H2,1H3. The summed E-state index contributed by atoms with van der Waals surface area (Å²) in [6.07, 6.45) is 1.50. The van der Waals surface area contributed by atoms with Crippen molar-refractivity contribution in [3.8, 4) is 0 Å². The van der Waals surface area contributed by atoms with E-state index in [1.807, 2.05) is 30.3 Å². The van der Waals surface area contributed by atoms with Gasteiger partial charge in [0.25, 0.3) is 5.69 Å². The van der Waals surface area contributed by atoms with Gasteiger partial charge in [0, 0.05) is 40.3 Å². The van der Waals surface area contributed by atoms with Crippen molar-refractivity contribution in [1.82, 2.24) is 0 Å². The number of hydrogen-bond donors (Lipinski definition) is 0. The van der Waals surface area contributed by atoms with Crippen molar-refractivity contribution in [2.75, 3.05) is 23.6 Å². The maximum atomic E-state index is 12.5. The Morgan fingerprint density at radius 2 is 1.96 bits per heavy atom. The summed E-state index contributed by atoms with van der Waals surface area (Å²) in [6, 6.07) is 13.5. The third-order valence-electron chi connectivity index (χ3n) is 3.77. The number of aliphatic imine (C=N–C) groups is 1. The lowest BCUT2D eigenvalue weighted by Gasteiger charge is -2.21. The number of carbonyl (C=O) groups excluding carboxylic acids is 1. The highest BCUT2D eigenvalue weighted by molar-refractivity contribution is 7.84. The van der Waals surface area contributed by atoms with Gasteiger partial charge in [0.1, 0.15) is 12.4 Å². The van der Waals surface area contributed by atoms with Crippen LogP contribution in [0, 0.1) is 10.1 Å². The van der Waals surface area contributed by atoms with E-state index in [-0.39, 0.29) is 24.0 Å². The number of anilines is 1. The molecule has 128 valence electrons. The first-order valence-electron chi connectivity index (χ1n) is 7.46. The molecule has 0 aliphatic carbocycles. The highest BCUT2D eigenvalue weighted by Crippen LogP contribution is 2.30. The fraction of sp³-hybridized carbons (Fsp3) is 0.176. The molecule has 1 atom stereocenters. The summed E-state index contributed by atoms with van der Waals surface area (Å²) in [6.45, 7) is -0.107. The van der Waals surface area contributed by atoms with E-state index in [1.54, 1.807) is 0 Å². The number of nitro benzene ring substituents is 1. The van der Waals surface area contributed by atoms with Crippen LogP contribution in [0.4, 0.5) is 11.4 Å². The summed E-state index contributed by atoms with van der Waals surface area (Å²) in [4.78, 5) is 28.9. The zero-order chi connectivity index (χ0) is 18.0. The zero-order valence-corrected chi connectivity index (χ0v) is 14.2. The van der Waals surface area contributed by atoms with Crippen LogP contribution in [0.5, 0.6) is 0 Å². The number of benzene rings is 2. The predicted molar refractivity (Wildman–Crippen MR) is 96.5 cm³/mol. The average molecular weight is 357 g/mol. The molecule has 2 aromatic carbocycles. The van der Waals surface area contributed by atoms with E-state index >= 15 is 0 Å². The highest BCUT2D eigenvalue weighted by atomic mass is 32.2. The van der Waals surface area contributed by atoms with Gasteiger partial charge in [-0.15, -0.1) is 0 Å². The van der Waals surface area contributed by atoms with Gasteiger partial charge >= 0.3 is 0 Å². The Hall–Kier alpha value is -2.87. The van der Waals surface area contributed by atoms with E-state index in [1.165, 1.54) is 29.4 Å². The first kappa shape index (κ1) is 17.0. The minimum Gasteiger partial charge on any atom is -0.298 e. The number of benzodiazepines with no additional fused rings is 1. The van der Waals surface area contributed by atoms with Crippen LogP contribution in [0.25, 0.3) is 0 Å². The second-order valence-corrected chi connectivity index (χ2v) is 6.92. The summed E-state index contributed by atoms with van der Waals surface area (Å²) < 4.78 is 11.7. The Morgan fingerprint density at radius 3 is 2.60 bits per heavy atom. The molecule has 0 radical (unpaired) electrons. The molecule has 0 saturated carbocycles. The van der Waals surface area contributed by atoms with Gasteiger partial charge in [0.05, 0.1) is 16.3 Å². The largest absolute Gasteiger partial charge is 0.298 e. The molecule has 1 amide bonds. The van der Waals surface area contributed by atoms with Crippen molar-refractivity contribution in [3.05, 3.63) is 69.8 Å². The van der Waals surface area contributed by atoms with Gasteiger partial charge in [0.2, 0.25) is 5.91 Å². The SMILES string of the molecule is CS(=O)CN1C(=O)CN=C(c2ccccc2)c2cc([N+](=O)[O-])ccc21. The molecule has 1 unspecified atom stereocenters. The van der Waals surface area contributed by atoms with Crippen molar-refractivity contribution in [1.29, 1.82) is 0 Å². The van der Waals surface area contributed by atoms with Crippen molar-refractivity contribution >= 4 is 33.8 Å². The summed E-state index contributed by atoms with van der Waals surface area (Å²) >= 11 is 0. The number of non-ortho nitro benzene ring substituents is 1.